The van der Waals surface area contributed by atoms with E-state index in [0.29, 0.717) is 6.10 Å². The molecule has 1 aliphatic rings. The van der Waals surface area contributed by atoms with Crippen LogP contribution in [0.5, 0.6) is 0 Å². The molecule has 1 N–H and O–H groups in total. The summed E-state index contributed by atoms with van der Waals surface area (Å²) < 4.78 is 7.66. The van der Waals surface area contributed by atoms with Crippen LogP contribution < -0.4 is 5.32 Å². The summed E-state index contributed by atoms with van der Waals surface area (Å²) in [6.07, 6.45) is 7.55. The van der Waals surface area contributed by atoms with E-state index in [1.165, 1.54) is 12.8 Å². The van der Waals surface area contributed by atoms with Crippen LogP contribution in [0.2, 0.25) is 0 Å². The molecule has 1 atom stereocenters. The highest BCUT2D eigenvalue weighted by Gasteiger charge is 2.19. The maximum absolute atomic E-state index is 5.76. The van der Waals surface area contributed by atoms with Crippen LogP contribution >= 0.6 is 0 Å². The lowest BCUT2D eigenvalue weighted by Crippen LogP contribution is -2.27. The molecule has 2 aromatic rings. The Morgan fingerprint density at radius 3 is 2.95 bits per heavy atom. The van der Waals surface area contributed by atoms with Crippen molar-refractivity contribution in [3.63, 3.8) is 0 Å². The van der Waals surface area contributed by atoms with Crippen molar-refractivity contribution in [2.75, 3.05) is 18.5 Å². The van der Waals surface area contributed by atoms with E-state index in [-0.39, 0.29) is 5.41 Å². The number of aromatic nitrogens is 3. The highest BCUT2D eigenvalue weighted by atomic mass is 16.5. The number of nitrogens with zero attached hydrogens (tertiary/aromatic N) is 3. The molecule has 1 unspecified atom stereocenters. The second-order valence-electron chi connectivity index (χ2n) is 6.75. The van der Waals surface area contributed by atoms with Crippen molar-refractivity contribution in [3.05, 3.63) is 24.2 Å². The predicted octanol–water partition coefficient (Wildman–Crippen LogP) is 3.01. The van der Waals surface area contributed by atoms with Crippen LogP contribution in [-0.2, 0) is 10.2 Å². The normalized spacial score (nSPS) is 19.9. The number of nitrogens with one attached hydrogen (secondary N) is 1. The number of hydrogen-bond donors (Lipinski definition) is 1. The molecule has 1 aliphatic heterocycles. The third kappa shape index (κ3) is 3.18. The summed E-state index contributed by atoms with van der Waals surface area (Å²) in [6.45, 7) is 8.20. The third-order valence-corrected chi connectivity index (χ3v) is 3.93. The zero-order chi connectivity index (χ0) is 14.9. The minimum Gasteiger partial charge on any atom is -0.376 e. The number of ether oxygens (including phenoxy) is 1. The Hall–Kier alpha value is -1.62. The van der Waals surface area contributed by atoms with Gasteiger partial charge in [0.15, 0.2) is 5.82 Å². The summed E-state index contributed by atoms with van der Waals surface area (Å²) in [6, 6.07) is 2.12. The van der Waals surface area contributed by atoms with Gasteiger partial charge in [0.25, 0.3) is 0 Å². The van der Waals surface area contributed by atoms with Crippen molar-refractivity contribution in [3.8, 4) is 0 Å². The van der Waals surface area contributed by atoms with Crippen molar-refractivity contribution < 1.29 is 4.74 Å². The standard InChI is InChI=1S/C16H24N4O/c1-16(2,3)14-10-13-15(17-7-8-20(13)19-14)18-11-12-6-4-5-9-21-12/h7-8,10,12H,4-6,9,11H2,1-3H3,(H,17,18). The molecule has 0 bridgehead atoms. The fraction of sp³-hybridized carbons (Fsp3) is 0.625. The van der Waals surface area contributed by atoms with Gasteiger partial charge in [0, 0.05) is 31.0 Å². The van der Waals surface area contributed by atoms with Crippen molar-refractivity contribution in [2.45, 2.75) is 51.6 Å². The van der Waals surface area contributed by atoms with Crippen LogP contribution in [0.25, 0.3) is 5.52 Å². The largest absolute Gasteiger partial charge is 0.376 e. The molecule has 21 heavy (non-hydrogen) atoms. The average molecular weight is 288 g/mol. The highest BCUT2D eigenvalue weighted by molar-refractivity contribution is 5.68. The molecule has 0 saturated carbocycles. The van der Waals surface area contributed by atoms with Gasteiger partial charge in [-0.2, -0.15) is 5.10 Å². The molecule has 0 aromatic carbocycles. The minimum atomic E-state index is 0.0375. The van der Waals surface area contributed by atoms with Gasteiger partial charge >= 0.3 is 0 Å². The molecule has 2 aromatic heterocycles. The molecule has 1 saturated heterocycles. The fourth-order valence-corrected chi connectivity index (χ4v) is 2.60. The molecule has 0 spiro atoms. The van der Waals surface area contributed by atoms with Crippen molar-refractivity contribution in [2.24, 2.45) is 0 Å². The number of fused-ring (bicyclic) bond motifs is 1. The maximum atomic E-state index is 5.76. The molecule has 0 radical (unpaired) electrons. The van der Waals surface area contributed by atoms with Gasteiger partial charge in [0.1, 0.15) is 5.52 Å². The van der Waals surface area contributed by atoms with Crippen LogP contribution in [0.15, 0.2) is 18.5 Å². The summed E-state index contributed by atoms with van der Waals surface area (Å²) in [4.78, 5) is 4.46. The molecule has 3 rings (SSSR count). The first-order chi connectivity index (χ1) is 10.0. The second-order valence-corrected chi connectivity index (χ2v) is 6.75. The Morgan fingerprint density at radius 1 is 1.38 bits per heavy atom. The predicted molar refractivity (Wildman–Crippen MR) is 83.8 cm³/mol. The van der Waals surface area contributed by atoms with Gasteiger partial charge in [-0.15, -0.1) is 0 Å². The molecular formula is C16H24N4O. The molecule has 114 valence electrons. The first kappa shape index (κ1) is 14.3. The molecule has 5 nitrogen and oxygen atoms in total. The van der Waals surface area contributed by atoms with Gasteiger partial charge in [-0.25, -0.2) is 9.50 Å². The van der Waals surface area contributed by atoms with Crippen molar-refractivity contribution in [1.29, 1.82) is 0 Å². The Labute approximate surface area is 125 Å². The van der Waals surface area contributed by atoms with E-state index in [9.17, 15) is 0 Å². The van der Waals surface area contributed by atoms with Gasteiger partial charge in [-0.3, -0.25) is 0 Å². The summed E-state index contributed by atoms with van der Waals surface area (Å²) in [5.74, 6) is 0.884. The monoisotopic (exact) mass is 288 g/mol. The lowest BCUT2D eigenvalue weighted by Gasteiger charge is -2.23. The quantitative estimate of drug-likeness (QED) is 0.943. The summed E-state index contributed by atoms with van der Waals surface area (Å²) in [7, 11) is 0. The molecule has 1 fully saturated rings. The van der Waals surface area contributed by atoms with Gasteiger partial charge < -0.3 is 10.1 Å². The van der Waals surface area contributed by atoms with Crippen molar-refractivity contribution in [1.82, 2.24) is 14.6 Å². The fourth-order valence-electron chi connectivity index (χ4n) is 2.60. The first-order valence-electron chi connectivity index (χ1n) is 7.74. The Bertz CT molecular complexity index is 608. The van der Waals surface area contributed by atoms with Gasteiger partial charge in [-0.05, 0) is 25.3 Å². The van der Waals surface area contributed by atoms with E-state index < -0.39 is 0 Å². The third-order valence-electron chi connectivity index (χ3n) is 3.93. The molecule has 5 heteroatoms. The Balaban J connectivity index is 1.79. The van der Waals surface area contributed by atoms with Gasteiger partial charge in [0.05, 0.1) is 11.8 Å². The minimum absolute atomic E-state index is 0.0375. The average Bonchev–Trinajstić information content (AvgIpc) is 2.91. The van der Waals surface area contributed by atoms with Gasteiger partial charge in [0.2, 0.25) is 0 Å². The van der Waals surface area contributed by atoms with Gasteiger partial charge in [-0.1, -0.05) is 20.8 Å². The smallest absolute Gasteiger partial charge is 0.152 e. The maximum Gasteiger partial charge on any atom is 0.152 e. The van der Waals surface area contributed by atoms with E-state index in [1.54, 1.807) is 6.20 Å². The van der Waals surface area contributed by atoms with E-state index in [1.807, 2.05) is 10.7 Å². The van der Waals surface area contributed by atoms with Crippen LogP contribution in [0.3, 0.4) is 0 Å². The van der Waals surface area contributed by atoms with Crippen LogP contribution in [0, 0.1) is 0 Å². The Morgan fingerprint density at radius 2 is 2.24 bits per heavy atom. The number of rotatable bonds is 3. The second kappa shape index (κ2) is 5.64. The van der Waals surface area contributed by atoms with Crippen LogP contribution in [0.4, 0.5) is 5.82 Å². The summed E-state index contributed by atoms with van der Waals surface area (Å²) in [5, 5.41) is 8.07. The highest BCUT2D eigenvalue weighted by Crippen LogP contribution is 2.24. The molecule has 0 amide bonds. The topological polar surface area (TPSA) is 51.5 Å². The number of hydrogen-bond acceptors (Lipinski definition) is 4. The zero-order valence-electron chi connectivity index (χ0n) is 13.1. The van der Waals surface area contributed by atoms with Crippen LogP contribution in [-0.4, -0.2) is 33.9 Å². The Kier molecular flexibility index (Phi) is 3.85. The SMILES string of the molecule is CC(C)(C)c1cc2c(NCC3CCCCO3)nccn2n1. The summed E-state index contributed by atoms with van der Waals surface area (Å²) >= 11 is 0. The first-order valence-corrected chi connectivity index (χ1v) is 7.74. The van der Waals surface area contributed by atoms with Crippen molar-refractivity contribution >= 4 is 11.3 Å². The van der Waals surface area contributed by atoms with E-state index >= 15 is 0 Å². The number of anilines is 1. The molecule has 0 aliphatic carbocycles. The van der Waals surface area contributed by atoms with E-state index in [0.717, 1.165) is 36.6 Å². The molecular weight excluding hydrogens is 264 g/mol. The van der Waals surface area contributed by atoms with E-state index in [2.05, 4.69) is 42.2 Å². The van der Waals surface area contributed by atoms with E-state index in [4.69, 9.17) is 4.74 Å². The summed E-state index contributed by atoms with van der Waals surface area (Å²) in [5.41, 5.74) is 2.14. The molecule has 3 heterocycles. The zero-order valence-corrected chi connectivity index (χ0v) is 13.1. The lowest BCUT2D eigenvalue weighted by molar-refractivity contribution is 0.0247. The lowest BCUT2D eigenvalue weighted by atomic mass is 9.92. The van der Waals surface area contributed by atoms with Crippen LogP contribution in [0.1, 0.15) is 45.7 Å².